The van der Waals surface area contributed by atoms with Gasteiger partial charge in [-0.15, -0.1) is 0 Å². The van der Waals surface area contributed by atoms with E-state index in [1.165, 1.54) is 0 Å². The second-order valence-electron chi connectivity index (χ2n) is 5.26. The average molecular weight is 353 g/mol. The van der Waals surface area contributed by atoms with Crippen molar-refractivity contribution in [1.29, 1.82) is 0 Å². The molecule has 0 atom stereocenters. The van der Waals surface area contributed by atoms with E-state index >= 15 is 0 Å². The second kappa shape index (κ2) is 9.40. The van der Waals surface area contributed by atoms with Gasteiger partial charge >= 0.3 is 0 Å². The van der Waals surface area contributed by atoms with E-state index in [1.54, 1.807) is 28.4 Å². The molecule has 0 bridgehead atoms. The number of ether oxygens (including phenoxy) is 4. The van der Waals surface area contributed by atoms with E-state index in [0.717, 1.165) is 22.4 Å². The average Bonchev–Trinajstić information content (AvgIpc) is 2.69. The van der Waals surface area contributed by atoms with Crippen molar-refractivity contribution in [3.8, 4) is 34.8 Å². The fourth-order valence-corrected chi connectivity index (χ4v) is 2.46. The number of benzene rings is 2. The zero-order valence-electron chi connectivity index (χ0n) is 15.5. The summed E-state index contributed by atoms with van der Waals surface area (Å²) in [5.41, 5.74) is 8.16. The Morgan fingerprint density at radius 2 is 1.42 bits per heavy atom. The Morgan fingerprint density at radius 1 is 0.808 bits per heavy atom. The van der Waals surface area contributed by atoms with Crippen molar-refractivity contribution in [2.45, 2.75) is 0 Å². The molecule has 0 aliphatic heterocycles. The van der Waals surface area contributed by atoms with Gasteiger partial charge in [0.2, 0.25) is 5.75 Å². The van der Waals surface area contributed by atoms with Crippen LogP contribution in [0.15, 0.2) is 30.3 Å². The maximum Gasteiger partial charge on any atom is 0.203 e. The van der Waals surface area contributed by atoms with Crippen molar-refractivity contribution in [2.24, 2.45) is 5.73 Å². The SMILES string of the molecule is COc1ccc(/C=C\c2cc(OC)c(OC)c(OC)c2)cc1C#CCN. The maximum atomic E-state index is 5.46. The van der Waals surface area contributed by atoms with Gasteiger partial charge < -0.3 is 24.7 Å². The summed E-state index contributed by atoms with van der Waals surface area (Å²) in [6.45, 7) is 0.300. The van der Waals surface area contributed by atoms with Crippen LogP contribution in [0.3, 0.4) is 0 Å². The first-order valence-electron chi connectivity index (χ1n) is 8.01. The first kappa shape index (κ1) is 19.2. The summed E-state index contributed by atoms with van der Waals surface area (Å²) < 4.78 is 21.4. The van der Waals surface area contributed by atoms with Crippen LogP contribution in [-0.4, -0.2) is 35.0 Å². The number of nitrogens with two attached hydrogens (primary N) is 1. The van der Waals surface area contributed by atoms with E-state index in [-0.39, 0.29) is 0 Å². The van der Waals surface area contributed by atoms with Crippen LogP contribution < -0.4 is 24.7 Å². The lowest BCUT2D eigenvalue weighted by Crippen LogP contribution is -1.95. The van der Waals surface area contributed by atoms with E-state index in [1.807, 2.05) is 42.5 Å². The summed E-state index contributed by atoms with van der Waals surface area (Å²) in [5.74, 6) is 8.37. The number of rotatable bonds is 6. The molecule has 26 heavy (non-hydrogen) atoms. The van der Waals surface area contributed by atoms with E-state index in [4.69, 9.17) is 24.7 Å². The highest BCUT2D eigenvalue weighted by atomic mass is 16.5. The molecule has 5 heteroatoms. The first-order valence-corrected chi connectivity index (χ1v) is 8.01. The summed E-state index contributed by atoms with van der Waals surface area (Å²) in [5, 5.41) is 0. The Morgan fingerprint density at radius 3 is 1.96 bits per heavy atom. The normalized spacial score (nSPS) is 10.2. The van der Waals surface area contributed by atoms with Crippen LogP contribution in [0, 0.1) is 11.8 Å². The van der Waals surface area contributed by atoms with Gasteiger partial charge in [0.15, 0.2) is 11.5 Å². The third kappa shape index (κ3) is 4.50. The van der Waals surface area contributed by atoms with Crippen molar-refractivity contribution in [3.63, 3.8) is 0 Å². The minimum Gasteiger partial charge on any atom is -0.495 e. The van der Waals surface area contributed by atoms with Crippen molar-refractivity contribution in [1.82, 2.24) is 0 Å². The number of hydrogen-bond acceptors (Lipinski definition) is 5. The molecule has 2 N–H and O–H groups in total. The summed E-state index contributed by atoms with van der Waals surface area (Å²) >= 11 is 0. The van der Waals surface area contributed by atoms with E-state index < -0.39 is 0 Å². The molecule has 0 aliphatic rings. The molecule has 0 saturated carbocycles. The van der Waals surface area contributed by atoms with E-state index in [0.29, 0.717) is 23.8 Å². The Bertz CT molecular complexity index is 822. The predicted octanol–water partition coefficient (Wildman–Crippen LogP) is 3.20. The third-order valence-corrected chi connectivity index (χ3v) is 3.70. The Labute approximate surface area is 154 Å². The van der Waals surface area contributed by atoms with E-state index in [9.17, 15) is 0 Å². The molecule has 0 heterocycles. The van der Waals surface area contributed by atoms with Crippen LogP contribution in [0.1, 0.15) is 16.7 Å². The lowest BCUT2D eigenvalue weighted by atomic mass is 10.1. The molecule has 0 fully saturated rings. The summed E-state index contributed by atoms with van der Waals surface area (Å²) in [6.07, 6.45) is 3.94. The smallest absolute Gasteiger partial charge is 0.203 e. The van der Waals surface area contributed by atoms with Crippen molar-refractivity contribution < 1.29 is 18.9 Å². The highest BCUT2D eigenvalue weighted by Gasteiger charge is 2.12. The molecule has 0 aromatic heterocycles. The molecule has 0 saturated heterocycles. The first-order chi connectivity index (χ1) is 12.7. The summed E-state index contributed by atoms with van der Waals surface area (Å²) in [7, 11) is 6.39. The van der Waals surface area contributed by atoms with Crippen LogP contribution in [0.5, 0.6) is 23.0 Å². The van der Waals surface area contributed by atoms with Gasteiger partial charge in [0, 0.05) is 0 Å². The van der Waals surface area contributed by atoms with Crippen LogP contribution in [-0.2, 0) is 0 Å². The largest absolute Gasteiger partial charge is 0.495 e. The summed E-state index contributed by atoms with van der Waals surface area (Å²) in [6, 6.07) is 9.57. The topological polar surface area (TPSA) is 62.9 Å². The Balaban J connectivity index is 2.37. The van der Waals surface area contributed by atoms with Gasteiger partial charge in [-0.1, -0.05) is 30.1 Å². The molecule has 0 radical (unpaired) electrons. The molecule has 2 aromatic carbocycles. The maximum absolute atomic E-state index is 5.46. The lowest BCUT2D eigenvalue weighted by Gasteiger charge is -2.12. The molecule has 0 aliphatic carbocycles. The minimum absolute atomic E-state index is 0.300. The standard InChI is InChI=1S/C21H23NO4/c1-23-18-10-9-15(12-17(18)6-5-11-22)7-8-16-13-19(24-2)21(26-4)20(14-16)25-3/h7-10,12-14H,11,22H2,1-4H3/b8-7-. The van der Waals surface area contributed by atoms with Crippen LogP contribution in [0.4, 0.5) is 0 Å². The van der Waals surface area contributed by atoms with Crippen LogP contribution in [0.2, 0.25) is 0 Å². The fraction of sp³-hybridized carbons (Fsp3) is 0.238. The molecule has 0 spiro atoms. The van der Waals surface area contributed by atoms with Crippen LogP contribution >= 0.6 is 0 Å². The van der Waals surface area contributed by atoms with Gasteiger partial charge in [-0.25, -0.2) is 0 Å². The van der Waals surface area contributed by atoms with Crippen molar-refractivity contribution >= 4 is 12.2 Å². The number of hydrogen-bond donors (Lipinski definition) is 1. The van der Waals surface area contributed by atoms with Gasteiger partial charge in [0.1, 0.15) is 5.75 Å². The monoisotopic (exact) mass is 353 g/mol. The highest BCUT2D eigenvalue weighted by Crippen LogP contribution is 2.38. The van der Waals surface area contributed by atoms with Gasteiger partial charge in [0.25, 0.3) is 0 Å². The third-order valence-electron chi connectivity index (χ3n) is 3.70. The fourth-order valence-electron chi connectivity index (χ4n) is 2.46. The Kier molecular flexibility index (Phi) is 6.95. The van der Waals surface area contributed by atoms with E-state index in [2.05, 4.69) is 11.8 Å². The molecule has 0 amide bonds. The van der Waals surface area contributed by atoms with Gasteiger partial charge in [0.05, 0.1) is 40.5 Å². The zero-order valence-corrected chi connectivity index (χ0v) is 15.5. The molecular formula is C21H23NO4. The molecule has 2 rings (SSSR count). The Hall–Kier alpha value is -3.10. The minimum atomic E-state index is 0.300. The van der Waals surface area contributed by atoms with Crippen molar-refractivity contribution in [3.05, 3.63) is 47.0 Å². The zero-order chi connectivity index (χ0) is 18.9. The number of methoxy groups -OCH3 is 4. The quantitative estimate of drug-likeness (QED) is 0.638. The molecule has 5 nitrogen and oxygen atoms in total. The predicted molar refractivity (Wildman–Crippen MR) is 104 cm³/mol. The molecular weight excluding hydrogens is 330 g/mol. The second-order valence-corrected chi connectivity index (χ2v) is 5.26. The van der Waals surface area contributed by atoms with Crippen molar-refractivity contribution in [2.75, 3.05) is 35.0 Å². The molecule has 0 unspecified atom stereocenters. The summed E-state index contributed by atoms with van der Waals surface area (Å²) in [4.78, 5) is 0. The highest BCUT2D eigenvalue weighted by molar-refractivity contribution is 5.73. The van der Waals surface area contributed by atoms with Gasteiger partial charge in [-0.3, -0.25) is 0 Å². The molecule has 136 valence electrons. The van der Waals surface area contributed by atoms with Gasteiger partial charge in [-0.05, 0) is 35.4 Å². The molecule has 2 aromatic rings. The lowest BCUT2D eigenvalue weighted by molar-refractivity contribution is 0.324. The van der Waals surface area contributed by atoms with Gasteiger partial charge in [-0.2, -0.15) is 0 Å². The van der Waals surface area contributed by atoms with Crippen LogP contribution in [0.25, 0.3) is 12.2 Å².